The minimum absolute atomic E-state index is 0.215. The number of aromatic nitrogens is 2. The molecule has 0 aliphatic rings. The van der Waals surface area contributed by atoms with Gasteiger partial charge < -0.3 is 4.74 Å². The van der Waals surface area contributed by atoms with Crippen LogP contribution in [-0.2, 0) is 4.74 Å². The van der Waals surface area contributed by atoms with Crippen molar-refractivity contribution in [1.82, 2.24) is 9.59 Å². The van der Waals surface area contributed by atoms with Crippen LogP contribution >= 0.6 is 34.7 Å². The summed E-state index contributed by atoms with van der Waals surface area (Å²) in [5.74, 6) is -1.02. The number of ether oxygens (including phenoxy) is 1. The average molecular weight is 367 g/mol. The van der Waals surface area contributed by atoms with Crippen molar-refractivity contribution in [1.29, 1.82) is 0 Å². The van der Waals surface area contributed by atoms with Crippen LogP contribution in [0.4, 0.5) is 0 Å². The van der Waals surface area contributed by atoms with Crippen molar-refractivity contribution in [3.63, 3.8) is 0 Å². The van der Waals surface area contributed by atoms with Crippen LogP contribution < -0.4 is 0 Å². The van der Waals surface area contributed by atoms with Gasteiger partial charge in [0.2, 0.25) is 5.78 Å². The van der Waals surface area contributed by atoms with Crippen molar-refractivity contribution in [3.05, 3.63) is 57.6 Å². The third-order valence-electron chi connectivity index (χ3n) is 3.06. The molecule has 0 saturated carbocycles. The second-order valence-corrected chi connectivity index (χ2v) is 6.15. The van der Waals surface area contributed by atoms with Gasteiger partial charge in [0.05, 0.1) is 15.3 Å². The summed E-state index contributed by atoms with van der Waals surface area (Å²) in [7, 11) is 0. The lowest BCUT2D eigenvalue weighted by Gasteiger charge is -2.06. The van der Waals surface area contributed by atoms with Gasteiger partial charge in [-0.2, -0.15) is 0 Å². The van der Waals surface area contributed by atoms with Crippen LogP contribution in [0, 0.1) is 0 Å². The van der Waals surface area contributed by atoms with E-state index in [1.165, 1.54) is 12.1 Å². The molecule has 3 aromatic rings. The molecule has 0 radical (unpaired) electrons. The predicted molar refractivity (Wildman–Crippen MR) is 88.5 cm³/mol. The maximum Gasteiger partial charge on any atom is 0.340 e. The third kappa shape index (κ3) is 3.34. The van der Waals surface area contributed by atoms with Crippen LogP contribution in [0.2, 0.25) is 10.0 Å². The minimum Gasteiger partial charge on any atom is -0.454 e. The summed E-state index contributed by atoms with van der Waals surface area (Å²) >= 11 is 12.8. The number of nitrogens with zero attached hydrogens (tertiary/aromatic N) is 2. The standard InChI is InChI=1S/C15H8Cl2N2O3S/c16-8-4-5-9(11(17)6-8)13(20)7-22-15(21)10-2-1-3-12-14(10)23-19-18-12/h1-6H,7H2. The highest BCUT2D eigenvalue weighted by molar-refractivity contribution is 7.13. The SMILES string of the molecule is O=C(COC(=O)c1cccc2nnsc12)c1ccc(Cl)cc1Cl. The van der Waals surface area contributed by atoms with E-state index in [1.807, 2.05) is 0 Å². The topological polar surface area (TPSA) is 69.2 Å². The molecule has 0 bridgehead atoms. The van der Waals surface area contributed by atoms with Gasteiger partial charge in [-0.05, 0) is 41.9 Å². The molecular formula is C15H8Cl2N2O3S. The Labute approximate surface area is 144 Å². The number of carbonyl (C=O) groups is 2. The number of hydrogen-bond acceptors (Lipinski definition) is 6. The van der Waals surface area contributed by atoms with E-state index in [9.17, 15) is 9.59 Å². The van der Waals surface area contributed by atoms with E-state index in [1.54, 1.807) is 24.3 Å². The van der Waals surface area contributed by atoms with E-state index in [0.29, 0.717) is 20.8 Å². The third-order valence-corrected chi connectivity index (χ3v) is 4.38. The molecule has 0 aliphatic carbocycles. The molecule has 0 spiro atoms. The highest BCUT2D eigenvalue weighted by atomic mass is 35.5. The number of fused-ring (bicyclic) bond motifs is 1. The molecular weight excluding hydrogens is 359 g/mol. The van der Waals surface area contributed by atoms with Gasteiger partial charge in [0, 0.05) is 10.6 Å². The first kappa shape index (κ1) is 15.9. The van der Waals surface area contributed by atoms with Gasteiger partial charge >= 0.3 is 5.97 Å². The van der Waals surface area contributed by atoms with Gasteiger partial charge in [-0.15, -0.1) is 5.10 Å². The number of carbonyl (C=O) groups excluding carboxylic acids is 2. The molecule has 3 rings (SSSR count). The summed E-state index contributed by atoms with van der Waals surface area (Å²) in [5, 5.41) is 4.53. The first-order valence-corrected chi connectivity index (χ1v) is 7.95. The molecule has 1 aromatic heterocycles. The minimum atomic E-state index is -0.611. The average Bonchev–Trinajstić information content (AvgIpc) is 3.00. The lowest BCUT2D eigenvalue weighted by Crippen LogP contribution is -2.14. The normalized spacial score (nSPS) is 10.7. The first-order chi connectivity index (χ1) is 11.1. The highest BCUT2D eigenvalue weighted by Crippen LogP contribution is 2.23. The number of hydrogen-bond donors (Lipinski definition) is 0. The van der Waals surface area contributed by atoms with Crippen LogP contribution in [0.1, 0.15) is 20.7 Å². The largest absolute Gasteiger partial charge is 0.454 e. The number of rotatable bonds is 4. The molecule has 0 saturated heterocycles. The fourth-order valence-electron chi connectivity index (χ4n) is 1.97. The zero-order valence-electron chi connectivity index (χ0n) is 11.5. The summed E-state index contributed by atoms with van der Waals surface area (Å²) in [5.41, 5.74) is 1.19. The summed E-state index contributed by atoms with van der Waals surface area (Å²) in [4.78, 5) is 24.3. The van der Waals surface area contributed by atoms with Gasteiger partial charge in [-0.3, -0.25) is 4.79 Å². The first-order valence-electron chi connectivity index (χ1n) is 6.42. The number of esters is 1. The van der Waals surface area contributed by atoms with Crippen LogP contribution in [0.5, 0.6) is 0 Å². The van der Waals surface area contributed by atoms with E-state index < -0.39 is 18.4 Å². The van der Waals surface area contributed by atoms with Crippen LogP contribution in [0.25, 0.3) is 10.2 Å². The summed E-state index contributed by atoms with van der Waals surface area (Å²) < 4.78 is 9.49. The zero-order chi connectivity index (χ0) is 16.4. The maximum atomic E-state index is 12.2. The van der Waals surface area contributed by atoms with Crippen molar-refractivity contribution in [2.24, 2.45) is 0 Å². The molecule has 0 unspecified atom stereocenters. The van der Waals surface area contributed by atoms with E-state index in [0.717, 1.165) is 11.5 Å². The smallest absolute Gasteiger partial charge is 0.340 e. The summed E-state index contributed by atoms with van der Waals surface area (Å²) in [6.45, 7) is -0.414. The fraction of sp³-hybridized carbons (Fsp3) is 0.0667. The molecule has 0 aliphatic heterocycles. The van der Waals surface area contributed by atoms with E-state index >= 15 is 0 Å². The Morgan fingerprint density at radius 2 is 1.96 bits per heavy atom. The fourth-order valence-corrected chi connectivity index (χ4v) is 3.14. The Hall–Kier alpha value is -2.02. The monoisotopic (exact) mass is 366 g/mol. The van der Waals surface area contributed by atoms with Crippen LogP contribution in [-0.4, -0.2) is 27.9 Å². The molecule has 0 fully saturated rings. The van der Waals surface area contributed by atoms with E-state index in [4.69, 9.17) is 27.9 Å². The molecule has 0 N–H and O–H groups in total. The second kappa shape index (κ2) is 6.62. The molecule has 23 heavy (non-hydrogen) atoms. The van der Waals surface area contributed by atoms with E-state index in [2.05, 4.69) is 9.59 Å². The number of benzene rings is 2. The molecule has 8 heteroatoms. The lowest BCUT2D eigenvalue weighted by molar-refractivity contribution is 0.0477. The maximum absolute atomic E-state index is 12.2. The van der Waals surface area contributed by atoms with Crippen molar-refractivity contribution >= 4 is 56.7 Å². The summed E-state index contributed by atoms with van der Waals surface area (Å²) in [6, 6.07) is 9.53. The Kier molecular flexibility index (Phi) is 4.56. The van der Waals surface area contributed by atoms with E-state index in [-0.39, 0.29) is 10.6 Å². The van der Waals surface area contributed by atoms with Gasteiger partial charge in [-0.25, -0.2) is 4.79 Å². The van der Waals surface area contributed by atoms with Crippen LogP contribution in [0.15, 0.2) is 36.4 Å². The molecule has 0 amide bonds. The Morgan fingerprint density at radius 1 is 1.13 bits per heavy atom. The van der Waals surface area contributed by atoms with Crippen molar-refractivity contribution < 1.29 is 14.3 Å². The Morgan fingerprint density at radius 3 is 2.74 bits per heavy atom. The van der Waals surface area contributed by atoms with Crippen molar-refractivity contribution in [2.75, 3.05) is 6.61 Å². The van der Waals surface area contributed by atoms with Gasteiger partial charge in [0.15, 0.2) is 6.61 Å². The number of Topliss-reactive ketones (excluding diaryl/α,β-unsaturated/α-hetero) is 1. The predicted octanol–water partition coefficient (Wildman–Crippen LogP) is 4.04. The molecule has 2 aromatic carbocycles. The van der Waals surface area contributed by atoms with Crippen LogP contribution in [0.3, 0.4) is 0 Å². The molecule has 5 nitrogen and oxygen atoms in total. The summed E-state index contributed by atoms with van der Waals surface area (Å²) in [6.07, 6.45) is 0. The highest BCUT2D eigenvalue weighted by Gasteiger charge is 2.17. The molecule has 1 heterocycles. The zero-order valence-corrected chi connectivity index (χ0v) is 13.8. The van der Waals surface area contributed by atoms with Crippen molar-refractivity contribution in [3.8, 4) is 0 Å². The molecule has 116 valence electrons. The molecule has 0 atom stereocenters. The Balaban J connectivity index is 1.74. The number of ketones is 1. The lowest BCUT2D eigenvalue weighted by atomic mass is 10.1. The quantitative estimate of drug-likeness (QED) is 0.514. The number of halogens is 2. The van der Waals surface area contributed by atoms with Gasteiger partial charge in [0.25, 0.3) is 0 Å². The van der Waals surface area contributed by atoms with Gasteiger partial charge in [0.1, 0.15) is 5.52 Å². The van der Waals surface area contributed by atoms with Crippen molar-refractivity contribution in [2.45, 2.75) is 0 Å². The van der Waals surface area contributed by atoms with Gasteiger partial charge in [-0.1, -0.05) is 33.8 Å². The Bertz CT molecular complexity index is 911. The second-order valence-electron chi connectivity index (χ2n) is 4.55.